The van der Waals surface area contributed by atoms with Crippen molar-refractivity contribution in [2.45, 2.75) is 44.4 Å². The van der Waals surface area contributed by atoms with E-state index in [2.05, 4.69) is 0 Å². The molecule has 0 saturated carbocycles. The van der Waals surface area contributed by atoms with E-state index in [4.69, 9.17) is 5.11 Å². The van der Waals surface area contributed by atoms with E-state index in [1.807, 2.05) is 6.92 Å². The van der Waals surface area contributed by atoms with Crippen LogP contribution in [0.4, 0.5) is 0 Å². The topological polar surface area (TPSA) is 98.2 Å². The fourth-order valence-corrected chi connectivity index (χ4v) is 2.81. The molecule has 7 nitrogen and oxygen atoms in total. The van der Waals surface area contributed by atoms with Gasteiger partial charge in [0.2, 0.25) is 11.8 Å². The molecule has 0 aromatic rings. The number of amides is 2. The Morgan fingerprint density at radius 1 is 1.42 bits per heavy atom. The maximum absolute atomic E-state index is 12.2. The third kappa shape index (κ3) is 2.48. The molecule has 2 aliphatic rings. The third-order valence-corrected chi connectivity index (χ3v) is 3.67. The van der Waals surface area contributed by atoms with Crippen molar-refractivity contribution in [2.75, 3.05) is 13.1 Å². The molecule has 106 valence electrons. The lowest BCUT2D eigenvalue weighted by molar-refractivity contribution is -0.144. The highest BCUT2D eigenvalue weighted by Gasteiger charge is 2.48. The van der Waals surface area contributed by atoms with E-state index in [0.717, 1.165) is 0 Å². The number of aliphatic hydroxyl groups is 1. The van der Waals surface area contributed by atoms with Crippen LogP contribution >= 0.6 is 0 Å². The summed E-state index contributed by atoms with van der Waals surface area (Å²) < 4.78 is 0. The predicted octanol–water partition coefficient (Wildman–Crippen LogP) is -0.956. The summed E-state index contributed by atoms with van der Waals surface area (Å²) in [6.45, 7) is 2.36. The van der Waals surface area contributed by atoms with E-state index in [0.29, 0.717) is 13.0 Å². The highest BCUT2D eigenvalue weighted by atomic mass is 16.4. The molecule has 0 radical (unpaired) electrons. The Morgan fingerprint density at radius 2 is 2.11 bits per heavy atom. The van der Waals surface area contributed by atoms with Crippen LogP contribution in [-0.4, -0.2) is 69.1 Å². The van der Waals surface area contributed by atoms with Crippen molar-refractivity contribution >= 4 is 17.8 Å². The number of imide groups is 1. The lowest BCUT2D eigenvalue weighted by Gasteiger charge is -2.25. The van der Waals surface area contributed by atoms with Crippen LogP contribution in [-0.2, 0) is 14.4 Å². The second-order valence-corrected chi connectivity index (χ2v) is 5.04. The normalized spacial score (nSPS) is 32.3. The molecule has 2 aliphatic heterocycles. The first kappa shape index (κ1) is 14.0. The molecular weight excluding hydrogens is 252 g/mol. The lowest BCUT2D eigenvalue weighted by atomic mass is 10.1. The first-order valence-electron chi connectivity index (χ1n) is 6.46. The maximum atomic E-state index is 12.2. The minimum atomic E-state index is -1.06. The van der Waals surface area contributed by atoms with Crippen molar-refractivity contribution in [3.63, 3.8) is 0 Å². The molecule has 3 atom stereocenters. The van der Waals surface area contributed by atoms with Crippen LogP contribution in [0.5, 0.6) is 0 Å². The van der Waals surface area contributed by atoms with Crippen molar-refractivity contribution < 1.29 is 24.6 Å². The number of carboxylic acid groups (broad SMARTS) is 1. The first-order chi connectivity index (χ1) is 8.95. The van der Waals surface area contributed by atoms with Crippen molar-refractivity contribution in [1.29, 1.82) is 0 Å². The van der Waals surface area contributed by atoms with E-state index in [1.165, 1.54) is 9.80 Å². The Morgan fingerprint density at radius 3 is 2.68 bits per heavy atom. The van der Waals surface area contributed by atoms with Gasteiger partial charge in [0.15, 0.2) is 0 Å². The molecule has 7 heteroatoms. The minimum absolute atomic E-state index is 0.00926. The first-order valence-corrected chi connectivity index (χ1v) is 6.46. The molecule has 2 heterocycles. The summed E-state index contributed by atoms with van der Waals surface area (Å²) >= 11 is 0. The third-order valence-electron chi connectivity index (χ3n) is 3.67. The van der Waals surface area contributed by atoms with Crippen molar-refractivity contribution in [3.8, 4) is 0 Å². The summed E-state index contributed by atoms with van der Waals surface area (Å²) in [7, 11) is 0. The summed E-state index contributed by atoms with van der Waals surface area (Å²) in [6.07, 6.45) is 0.0234. The van der Waals surface area contributed by atoms with Gasteiger partial charge in [-0.3, -0.25) is 24.2 Å². The summed E-state index contributed by atoms with van der Waals surface area (Å²) in [5.74, 6) is -1.67. The van der Waals surface area contributed by atoms with Gasteiger partial charge in [0.05, 0.1) is 18.6 Å². The quantitative estimate of drug-likeness (QED) is 0.639. The molecule has 0 aliphatic carbocycles. The molecule has 2 saturated heterocycles. The summed E-state index contributed by atoms with van der Waals surface area (Å²) in [5.41, 5.74) is 0. The number of aliphatic carboxylic acids is 1. The van der Waals surface area contributed by atoms with Gasteiger partial charge in [-0.25, -0.2) is 0 Å². The summed E-state index contributed by atoms with van der Waals surface area (Å²) in [5, 5.41) is 18.7. The van der Waals surface area contributed by atoms with Crippen molar-refractivity contribution in [1.82, 2.24) is 9.80 Å². The van der Waals surface area contributed by atoms with Gasteiger partial charge in [-0.15, -0.1) is 0 Å². The second kappa shape index (κ2) is 5.26. The van der Waals surface area contributed by atoms with Crippen LogP contribution in [0.3, 0.4) is 0 Å². The number of likely N-dealkylation sites (tertiary alicyclic amines) is 2. The van der Waals surface area contributed by atoms with E-state index in [1.54, 1.807) is 0 Å². The van der Waals surface area contributed by atoms with Crippen LogP contribution in [0.25, 0.3) is 0 Å². The monoisotopic (exact) mass is 270 g/mol. The van der Waals surface area contributed by atoms with Crippen LogP contribution in [0.1, 0.15) is 26.2 Å². The van der Waals surface area contributed by atoms with E-state index in [-0.39, 0.29) is 31.2 Å². The predicted molar refractivity (Wildman–Crippen MR) is 64.2 cm³/mol. The number of aliphatic hydroxyl groups excluding tert-OH is 1. The fraction of sp³-hybridized carbons (Fsp3) is 0.750. The highest BCUT2D eigenvalue weighted by Crippen LogP contribution is 2.27. The molecule has 0 aromatic heterocycles. The van der Waals surface area contributed by atoms with Gasteiger partial charge in [0, 0.05) is 19.5 Å². The Kier molecular flexibility index (Phi) is 3.86. The zero-order chi connectivity index (χ0) is 14.2. The zero-order valence-electron chi connectivity index (χ0n) is 10.8. The molecule has 2 rings (SSSR count). The van der Waals surface area contributed by atoms with Gasteiger partial charge in [-0.05, 0) is 6.42 Å². The Bertz CT molecular complexity index is 411. The van der Waals surface area contributed by atoms with Gasteiger partial charge < -0.3 is 10.2 Å². The molecule has 0 spiro atoms. The maximum Gasteiger partial charge on any atom is 0.321 e. The Labute approximate surface area is 110 Å². The number of carboxylic acids is 1. The number of hydrogen-bond donors (Lipinski definition) is 2. The van der Waals surface area contributed by atoms with E-state index < -0.39 is 24.2 Å². The van der Waals surface area contributed by atoms with E-state index in [9.17, 15) is 19.5 Å². The van der Waals surface area contributed by atoms with Gasteiger partial charge >= 0.3 is 5.97 Å². The number of carbonyl (C=O) groups excluding carboxylic acids is 2. The van der Waals surface area contributed by atoms with Crippen LogP contribution in [0, 0.1) is 0 Å². The van der Waals surface area contributed by atoms with Crippen molar-refractivity contribution in [2.24, 2.45) is 0 Å². The Balaban J connectivity index is 2.16. The van der Waals surface area contributed by atoms with Crippen molar-refractivity contribution in [3.05, 3.63) is 0 Å². The van der Waals surface area contributed by atoms with Crippen LogP contribution in [0.2, 0.25) is 0 Å². The second-order valence-electron chi connectivity index (χ2n) is 5.04. The Hall–Kier alpha value is -1.47. The molecular formula is C12H18N2O5. The average Bonchev–Trinajstić information content (AvgIpc) is 2.84. The summed E-state index contributed by atoms with van der Waals surface area (Å²) in [4.78, 5) is 37.7. The van der Waals surface area contributed by atoms with Gasteiger partial charge in [0.25, 0.3) is 0 Å². The molecule has 3 unspecified atom stereocenters. The molecule has 2 N–H and O–H groups in total. The lowest BCUT2D eigenvalue weighted by Crippen LogP contribution is -2.47. The molecule has 19 heavy (non-hydrogen) atoms. The number of carbonyl (C=O) groups is 3. The molecule has 0 bridgehead atoms. The number of nitrogens with zero attached hydrogens (tertiary/aromatic N) is 2. The standard InChI is InChI=1S/C12H18N2O5/c1-2-3-13-10(16)5-8(11(13)17)14-6-7(15)4-9(14)12(18)19/h7-9,15H,2-6H2,1H3,(H,18,19). The van der Waals surface area contributed by atoms with Gasteiger partial charge in [-0.1, -0.05) is 6.92 Å². The molecule has 0 aromatic carbocycles. The van der Waals surface area contributed by atoms with Crippen LogP contribution in [0.15, 0.2) is 0 Å². The largest absolute Gasteiger partial charge is 0.480 e. The molecule has 2 fully saturated rings. The van der Waals surface area contributed by atoms with Gasteiger partial charge in [0.1, 0.15) is 6.04 Å². The average molecular weight is 270 g/mol. The fourth-order valence-electron chi connectivity index (χ4n) is 2.81. The van der Waals surface area contributed by atoms with E-state index >= 15 is 0 Å². The SMILES string of the molecule is CCCN1C(=O)CC(N2CC(O)CC2C(=O)O)C1=O. The van der Waals surface area contributed by atoms with Gasteiger partial charge in [-0.2, -0.15) is 0 Å². The minimum Gasteiger partial charge on any atom is -0.480 e. The zero-order valence-corrected chi connectivity index (χ0v) is 10.8. The summed E-state index contributed by atoms with van der Waals surface area (Å²) in [6, 6.07) is -1.63. The molecule has 2 amide bonds. The number of β-amino-alcohol motifs (C(OH)–C–C–N with tert-alkyl or cyclic N) is 1. The number of rotatable bonds is 4. The highest BCUT2D eigenvalue weighted by molar-refractivity contribution is 6.05. The van der Waals surface area contributed by atoms with Crippen LogP contribution < -0.4 is 0 Å². The smallest absolute Gasteiger partial charge is 0.321 e. The number of hydrogen-bond acceptors (Lipinski definition) is 5.